The molecule has 0 saturated carbocycles. The Morgan fingerprint density at radius 1 is 0.914 bits per heavy atom. The highest BCUT2D eigenvalue weighted by molar-refractivity contribution is 7.21. The van der Waals surface area contributed by atoms with Crippen LogP contribution in [-0.4, -0.2) is 24.0 Å². The second-order valence-electron chi connectivity index (χ2n) is 6.98. The monoisotopic (exact) mass is 545 g/mol. The molecule has 3 aromatic carbocycles. The van der Waals surface area contributed by atoms with Gasteiger partial charge in [-0.3, -0.25) is 9.59 Å². The third-order valence-corrected chi connectivity index (χ3v) is 6.77. The fourth-order valence-electron chi connectivity index (χ4n) is 2.95. The normalized spacial score (nSPS) is 10.9. The van der Waals surface area contributed by atoms with Crippen LogP contribution in [0.5, 0.6) is 5.75 Å². The van der Waals surface area contributed by atoms with Crippen molar-refractivity contribution in [3.8, 4) is 5.75 Å². The van der Waals surface area contributed by atoms with Crippen molar-refractivity contribution < 1.29 is 19.1 Å². The molecule has 35 heavy (non-hydrogen) atoms. The topological polar surface area (TPSA) is 96.9 Å². The fraction of sp³-hybridized carbons (Fsp3) is 0. The Labute approximate surface area is 218 Å². The van der Waals surface area contributed by atoms with Crippen molar-refractivity contribution in [3.05, 3.63) is 92.2 Å². The minimum atomic E-state index is -1.01. The molecule has 0 aliphatic carbocycles. The molecule has 1 heterocycles. The van der Waals surface area contributed by atoms with Gasteiger partial charge in [-0.1, -0.05) is 65.1 Å². The van der Waals surface area contributed by atoms with E-state index in [1.165, 1.54) is 29.7 Å². The van der Waals surface area contributed by atoms with Crippen LogP contribution in [0, 0.1) is 0 Å². The molecular formula is C24H14Cl3N3O4S. The highest BCUT2D eigenvalue weighted by Crippen LogP contribution is 2.35. The van der Waals surface area contributed by atoms with Crippen molar-refractivity contribution >= 4 is 85.9 Å². The summed E-state index contributed by atoms with van der Waals surface area (Å²) in [6, 6.07) is 18.3. The van der Waals surface area contributed by atoms with Gasteiger partial charge in [-0.15, -0.1) is 11.3 Å². The van der Waals surface area contributed by atoms with Gasteiger partial charge in [0, 0.05) is 15.1 Å². The van der Waals surface area contributed by atoms with Crippen LogP contribution in [0.4, 0.5) is 5.69 Å². The van der Waals surface area contributed by atoms with E-state index in [4.69, 9.17) is 39.5 Å². The number of benzene rings is 3. The molecule has 7 nitrogen and oxygen atoms in total. The largest absolute Gasteiger partial charge is 0.422 e. The van der Waals surface area contributed by atoms with E-state index in [9.17, 15) is 14.4 Å². The average Bonchev–Trinajstić information content (AvgIpc) is 3.18. The molecule has 11 heteroatoms. The van der Waals surface area contributed by atoms with Gasteiger partial charge in [-0.2, -0.15) is 5.10 Å². The van der Waals surface area contributed by atoms with E-state index < -0.39 is 17.8 Å². The maximum atomic E-state index is 12.6. The molecule has 0 fully saturated rings. The van der Waals surface area contributed by atoms with E-state index in [2.05, 4.69) is 15.8 Å². The van der Waals surface area contributed by atoms with Crippen molar-refractivity contribution in [2.45, 2.75) is 0 Å². The summed E-state index contributed by atoms with van der Waals surface area (Å²) in [6.45, 7) is 0. The molecule has 0 spiro atoms. The van der Waals surface area contributed by atoms with Crippen molar-refractivity contribution in [2.24, 2.45) is 5.10 Å². The molecule has 4 aromatic rings. The first-order chi connectivity index (χ1) is 16.8. The molecule has 4 rings (SSSR count). The summed E-state index contributed by atoms with van der Waals surface area (Å²) in [5.74, 6) is -2.32. The molecule has 1 aromatic heterocycles. The van der Waals surface area contributed by atoms with Crippen molar-refractivity contribution in [3.63, 3.8) is 0 Å². The summed E-state index contributed by atoms with van der Waals surface area (Å²) in [4.78, 5) is 37.0. The predicted octanol–water partition coefficient (Wildman–Crippen LogP) is 6.17. The van der Waals surface area contributed by atoms with Gasteiger partial charge in [0.2, 0.25) is 0 Å². The smallest absolute Gasteiger partial charge is 0.355 e. The molecule has 0 aliphatic heterocycles. The highest BCUT2D eigenvalue weighted by Gasteiger charge is 2.19. The Balaban J connectivity index is 1.38. The van der Waals surface area contributed by atoms with Crippen LogP contribution in [0.1, 0.15) is 15.2 Å². The van der Waals surface area contributed by atoms with E-state index in [1.807, 2.05) is 24.3 Å². The number of anilines is 1. The van der Waals surface area contributed by atoms with Crippen LogP contribution in [0.25, 0.3) is 10.1 Å². The molecule has 0 unspecified atom stereocenters. The summed E-state index contributed by atoms with van der Waals surface area (Å²) < 4.78 is 6.33. The Morgan fingerprint density at radius 2 is 1.71 bits per heavy atom. The van der Waals surface area contributed by atoms with Gasteiger partial charge in [0.15, 0.2) is 0 Å². The van der Waals surface area contributed by atoms with Gasteiger partial charge in [0.1, 0.15) is 10.6 Å². The van der Waals surface area contributed by atoms with Crippen LogP contribution >= 0.6 is 46.1 Å². The second kappa shape index (κ2) is 10.9. The van der Waals surface area contributed by atoms with Crippen molar-refractivity contribution in [1.29, 1.82) is 0 Å². The number of nitrogens with zero attached hydrogens (tertiary/aromatic N) is 1. The number of carbonyl (C=O) groups is 3. The number of amides is 2. The number of halogens is 3. The maximum absolute atomic E-state index is 12.6. The fourth-order valence-corrected chi connectivity index (χ4v) is 4.67. The molecule has 2 amide bonds. The number of hydrogen-bond acceptors (Lipinski definition) is 6. The van der Waals surface area contributed by atoms with Gasteiger partial charge in [-0.05, 0) is 42.0 Å². The Hall–Kier alpha value is -3.43. The van der Waals surface area contributed by atoms with E-state index in [0.717, 1.165) is 10.1 Å². The van der Waals surface area contributed by atoms with Crippen LogP contribution < -0.4 is 15.5 Å². The summed E-state index contributed by atoms with van der Waals surface area (Å²) in [5, 5.41) is 7.81. The first-order valence-electron chi connectivity index (χ1n) is 9.90. The Bertz CT molecular complexity index is 1490. The highest BCUT2D eigenvalue weighted by atomic mass is 35.5. The quantitative estimate of drug-likeness (QED) is 0.103. The second-order valence-corrected chi connectivity index (χ2v) is 9.25. The van der Waals surface area contributed by atoms with E-state index in [0.29, 0.717) is 20.5 Å². The summed E-state index contributed by atoms with van der Waals surface area (Å²) in [7, 11) is 0. The number of thiophene rings is 1. The number of hydrogen-bond donors (Lipinski definition) is 2. The third kappa shape index (κ3) is 5.98. The first-order valence-corrected chi connectivity index (χ1v) is 11.9. The van der Waals surface area contributed by atoms with Crippen LogP contribution in [0.15, 0.2) is 71.8 Å². The van der Waals surface area contributed by atoms with E-state index in [1.54, 1.807) is 30.3 Å². The van der Waals surface area contributed by atoms with Crippen molar-refractivity contribution in [2.75, 3.05) is 5.32 Å². The lowest BCUT2D eigenvalue weighted by molar-refractivity contribution is -0.136. The minimum absolute atomic E-state index is 0.191. The van der Waals surface area contributed by atoms with Gasteiger partial charge in [-0.25, -0.2) is 10.2 Å². The molecule has 2 N–H and O–H groups in total. The molecular weight excluding hydrogens is 533 g/mol. The minimum Gasteiger partial charge on any atom is -0.422 e. The summed E-state index contributed by atoms with van der Waals surface area (Å²) in [6.07, 6.45) is 1.29. The average molecular weight is 547 g/mol. The van der Waals surface area contributed by atoms with Gasteiger partial charge in [0.05, 0.1) is 21.9 Å². The lowest BCUT2D eigenvalue weighted by atomic mass is 10.2. The van der Waals surface area contributed by atoms with Gasteiger partial charge >= 0.3 is 17.8 Å². The predicted molar refractivity (Wildman–Crippen MR) is 139 cm³/mol. The molecule has 0 atom stereocenters. The van der Waals surface area contributed by atoms with E-state index in [-0.39, 0.29) is 16.5 Å². The SMILES string of the molecule is O=C(N/N=C/c1cccc(OC(=O)c2sc3ccccc3c2Cl)c1)C(=O)Nc1cc(Cl)ccc1Cl. The lowest BCUT2D eigenvalue weighted by Gasteiger charge is -2.06. The zero-order valence-corrected chi connectivity index (χ0v) is 20.6. The molecule has 0 bridgehead atoms. The zero-order chi connectivity index (χ0) is 24.9. The van der Waals surface area contributed by atoms with Crippen LogP contribution in [-0.2, 0) is 9.59 Å². The Morgan fingerprint density at radius 3 is 2.51 bits per heavy atom. The van der Waals surface area contributed by atoms with Gasteiger partial charge in [0.25, 0.3) is 0 Å². The standard InChI is InChI=1S/C24H14Cl3N3O4S/c25-14-8-9-17(26)18(11-14)29-22(31)23(32)30-28-12-13-4-3-5-15(10-13)34-24(33)21-20(27)16-6-1-2-7-19(16)35-21/h1-12H,(H,29,31)(H,30,32)/b28-12+. The molecule has 0 saturated heterocycles. The number of nitrogens with one attached hydrogen (secondary N) is 2. The molecule has 0 aliphatic rings. The summed E-state index contributed by atoms with van der Waals surface area (Å²) >= 11 is 19.4. The maximum Gasteiger partial charge on any atom is 0.355 e. The number of fused-ring (bicyclic) bond motifs is 1. The zero-order valence-electron chi connectivity index (χ0n) is 17.6. The van der Waals surface area contributed by atoms with Crippen LogP contribution in [0.2, 0.25) is 15.1 Å². The Kier molecular flexibility index (Phi) is 7.67. The number of carbonyl (C=O) groups excluding carboxylic acids is 3. The van der Waals surface area contributed by atoms with Crippen LogP contribution in [0.3, 0.4) is 0 Å². The number of ether oxygens (including phenoxy) is 1. The number of rotatable bonds is 5. The van der Waals surface area contributed by atoms with E-state index >= 15 is 0 Å². The third-order valence-electron chi connectivity index (χ3n) is 4.55. The number of hydrazone groups is 1. The first kappa shape index (κ1) is 24.7. The summed E-state index contributed by atoms with van der Waals surface area (Å²) in [5.41, 5.74) is 2.81. The lowest BCUT2D eigenvalue weighted by Crippen LogP contribution is -2.32. The number of esters is 1. The van der Waals surface area contributed by atoms with Gasteiger partial charge < -0.3 is 10.1 Å². The molecule has 176 valence electrons. The van der Waals surface area contributed by atoms with Crippen molar-refractivity contribution in [1.82, 2.24) is 5.43 Å². The molecule has 0 radical (unpaired) electrons.